The van der Waals surface area contributed by atoms with Gasteiger partial charge in [0.15, 0.2) is 0 Å². The maximum Gasteiger partial charge on any atom is 0.220 e. The van der Waals surface area contributed by atoms with E-state index in [1.807, 2.05) is 13.8 Å². The number of nitrogens with one attached hydrogen (secondary N) is 2. The number of aromatic nitrogens is 2. The number of aromatic amines is 1. The van der Waals surface area contributed by atoms with Crippen molar-refractivity contribution in [1.29, 1.82) is 0 Å². The molecule has 0 aliphatic rings. The highest BCUT2D eigenvalue weighted by molar-refractivity contribution is 5.75. The largest absolute Gasteiger partial charge is 0.356 e. The van der Waals surface area contributed by atoms with E-state index >= 15 is 0 Å². The Morgan fingerprint density at radius 3 is 3.00 bits per heavy atom. The number of hydrogen-bond acceptors (Lipinski definition) is 2. The summed E-state index contributed by atoms with van der Waals surface area (Å²) >= 11 is 0. The number of carbonyl (C=O) groups excluding carboxylic acids is 1. The van der Waals surface area contributed by atoms with E-state index in [-0.39, 0.29) is 5.91 Å². The summed E-state index contributed by atoms with van der Waals surface area (Å²) < 4.78 is 0. The molecule has 0 fully saturated rings. The van der Waals surface area contributed by atoms with Crippen LogP contribution in [0.2, 0.25) is 0 Å². The molecule has 77 valence electrons. The van der Waals surface area contributed by atoms with Crippen LogP contribution in [0.25, 0.3) is 0 Å². The lowest BCUT2D eigenvalue weighted by atomic mass is 10.2. The molecule has 0 saturated heterocycles. The van der Waals surface area contributed by atoms with Crippen LogP contribution in [-0.2, 0) is 11.2 Å². The first kappa shape index (κ1) is 10.8. The third-order valence-electron chi connectivity index (χ3n) is 1.86. The van der Waals surface area contributed by atoms with Gasteiger partial charge in [-0.3, -0.25) is 4.79 Å². The van der Waals surface area contributed by atoms with Crippen molar-refractivity contribution in [1.82, 2.24) is 15.3 Å². The molecule has 1 heterocycles. The summed E-state index contributed by atoms with van der Waals surface area (Å²) in [5.41, 5.74) is 0.897. The molecule has 4 heteroatoms. The second-order valence-corrected chi connectivity index (χ2v) is 3.26. The zero-order valence-corrected chi connectivity index (χ0v) is 8.68. The van der Waals surface area contributed by atoms with Gasteiger partial charge in [-0.2, -0.15) is 0 Å². The normalized spacial score (nSPS) is 10.1. The Morgan fingerprint density at radius 2 is 2.43 bits per heavy atom. The van der Waals surface area contributed by atoms with Crippen LogP contribution < -0.4 is 5.32 Å². The molecule has 0 saturated carbocycles. The Kier molecular flexibility index (Phi) is 4.16. The van der Waals surface area contributed by atoms with Crippen molar-refractivity contribution in [3.05, 3.63) is 17.7 Å². The molecule has 1 aromatic heterocycles. The average molecular weight is 194 g/mol. The van der Waals surface area contributed by atoms with Crippen LogP contribution in [0, 0.1) is 13.1 Å². The second-order valence-electron chi connectivity index (χ2n) is 3.26. The van der Waals surface area contributed by atoms with E-state index in [2.05, 4.69) is 21.5 Å². The van der Waals surface area contributed by atoms with Gasteiger partial charge in [0, 0.05) is 18.7 Å². The molecule has 1 aromatic rings. The fourth-order valence-electron chi connectivity index (χ4n) is 1.14. The van der Waals surface area contributed by atoms with Gasteiger partial charge in [0.2, 0.25) is 5.91 Å². The fraction of sp³-hybridized carbons (Fsp3) is 0.600. The van der Waals surface area contributed by atoms with Gasteiger partial charge in [0.25, 0.3) is 0 Å². The minimum absolute atomic E-state index is 0.0903. The van der Waals surface area contributed by atoms with Crippen LogP contribution in [0.1, 0.15) is 31.3 Å². The van der Waals surface area contributed by atoms with Crippen LogP contribution in [0.5, 0.6) is 0 Å². The third-order valence-corrected chi connectivity index (χ3v) is 1.86. The quantitative estimate of drug-likeness (QED) is 0.734. The van der Waals surface area contributed by atoms with Crippen molar-refractivity contribution < 1.29 is 4.79 Å². The van der Waals surface area contributed by atoms with Crippen molar-refractivity contribution in [3.8, 4) is 0 Å². The summed E-state index contributed by atoms with van der Waals surface area (Å²) in [5, 5.41) is 2.82. The summed E-state index contributed by atoms with van der Waals surface area (Å²) in [4.78, 5) is 18.2. The Labute approximate surface area is 84.1 Å². The van der Waals surface area contributed by atoms with Crippen LogP contribution in [0.4, 0.5) is 0 Å². The molecule has 0 aromatic carbocycles. The SMILES string of the molecule is CCCNC(=O)CCc1[c]nc(C)[nH]1. The van der Waals surface area contributed by atoms with Gasteiger partial charge in [-0.1, -0.05) is 6.92 Å². The molecule has 0 aliphatic carbocycles. The number of rotatable bonds is 5. The average Bonchev–Trinajstić information content (AvgIpc) is 2.58. The van der Waals surface area contributed by atoms with Crippen LogP contribution in [0.15, 0.2) is 0 Å². The first-order chi connectivity index (χ1) is 6.72. The number of aryl methyl sites for hydroxylation is 2. The van der Waals surface area contributed by atoms with Gasteiger partial charge in [-0.25, -0.2) is 4.98 Å². The molecule has 0 unspecified atom stereocenters. The summed E-state index contributed by atoms with van der Waals surface area (Å²) in [7, 11) is 0. The maximum atomic E-state index is 11.2. The predicted molar refractivity (Wildman–Crippen MR) is 53.8 cm³/mol. The highest BCUT2D eigenvalue weighted by atomic mass is 16.1. The number of amides is 1. The minimum atomic E-state index is 0.0903. The Morgan fingerprint density at radius 1 is 1.64 bits per heavy atom. The van der Waals surface area contributed by atoms with Crippen LogP contribution >= 0.6 is 0 Å². The van der Waals surface area contributed by atoms with E-state index in [1.54, 1.807) is 0 Å². The zero-order valence-electron chi connectivity index (χ0n) is 8.68. The van der Waals surface area contributed by atoms with E-state index in [0.29, 0.717) is 12.8 Å². The molecule has 1 radical (unpaired) electrons. The van der Waals surface area contributed by atoms with E-state index in [4.69, 9.17) is 0 Å². The van der Waals surface area contributed by atoms with E-state index in [0.717, 1.165) is 24.5 Å². The predicted octanol–water partition coefficient (Wildman–Crippen LogP) is 0.977. The molecular weight excluding hydrogens is 178 g/mol. The van der Waals surface area contributed by atoms with Crippen molar-refractivity contribution >= 4 is 5.91 Å². The van der Waals surface area contributed by atoms with E-state index in [9.17, 15) is 4.79 Å². The first-order valence-electron chi connectivity index (χ1n) is 4.92. The summed E-state index contributed by atoms with van der Waals surface area (Å²) in [6.45, 7) is 4.66. The summed E-state index contributed by atoms with van der Waals surface area (Å²) in [5.74, 6) is 0.932. The Bertz CT molecular complexity index is 293. The smallest absolute Gasteiger partial charge is 0.220 e. The van der Waals surface area contributed by atoms with Crippen molar-refractivity contribution in [2.75, 3.05) is 6.54 Å². The van der Waals surface area contributed by atoms with Crippen molar-refractivity contribution in [3.63, 3.8) is 0 Å². The Hall–Kier alpha value is -1.32. The second kappa shape index (κ2) is 5.42. The lowest BCUT2D eigenvalue weighted by Gasteiger charge is -2.01. The number of imidazole rings is 1. The number of nitrogens with zero attached hydrogens (tertiary/aromatic N) is 1. The molecule has 0 spiro atoms. The minimum Gasteiger partial charge on any atom is -0.356 e. The monoisotopic (exact) mass is 194 g/mol. The standard InChI is InChI=1S/C10H16N3O/c1-3-6-11-10(14)5-4-9-7-12-8(2)13-9/h3-6H2,1-2H3,(H,11,14)(H,12,13). The molecule has 4 nitrogen and oxygen atoms in total. The molecule has 0 bridgehead atoms. The van der Waals surface area contributed by atoms with Gasteiger partial charge in [0.1, 0.15) is 12.0 Å². The van der Waals surface area contributed by atoms with Crippen LogP contribution in [0.3, 0.4) is 0 Å². The van der Waals surface area contributed by atoms with Crippen molar-refractivity contribution in [2.24, 2.45) is 0 Å². The van der Waals surface area contributed by atoms with Gasteiger partial charge in [-0.05, 0) is 19.8 Å². The van der Waals surface area contributed by atoms with E-state index < -0.39 is 0 Å². The topological polar surface area (TPSA) is 57.8 Å². The van der Waals surface area contributed by atoms with Gasteiger partial charge in [0.05, 0.1) is 0 Å². The van der Waals surface area contributed by atoms with Gasteiger partial charge >= 0.3 is 0 Å². The fourth-order valence-corrected chi connectivity index (χ4v) is 1.14. The number of carbonyl (C=O) groups is 1. The molecule has 14 heavy (non-hydrogen) atoms. The Balaban J connectivity index is 2.23. The highest BCUT2D eigenvalue weighted by Gasteiger charge is 2.02. The van der Waals surface area contributed by atoms with Gasteiger partial charge in [-0.15, -0.1) is 0 Å². The summed E-state index contributed by atoms with van der Waals surface area (Å²) in [6.07, 6.45) is 4.98. The molecule has 2 N–H and O–H groups in total. The molecule has 1 amide bonds. The first-order valence-corrected chi connectivity index (χ1v) is 4.92. The highest BCUT2D eigenvalue weighted by Crippen LogP contribution is 1.98. The van der Waals surface area contributed by atoms with Crippen LogP contribution in [-0.4, -0.2) is 22.4 Å². The molecular formula is C10H16N3O. The number of hydrogen-bond donors (Lipinski definition) is 2. The lowest BCUT2D eigenvalue weighted by Crippen LogP contribution is -2.24. The molecule has 0 atom stereocenters. The molecule has 1 rings (SSSR count). The van der Waals surface area contributed by atoms with Gasteiger partial charge < -0.3 is 10.3 Å². The van der Waals surface area contributed by atoms with Crippen molar-refractivity contribution in [2.45, 2.75) is 33.1 Å². The third kappa shape index (κ3) is 3.60. The molecule has 0 aliphatic heterocycles. The number of H-pyrrole nitrogens is 1. The summed E-state index contributed by atoms with van der Waals surface area (Å²) in [6, 6.07) is 0. The lowest BCUT2D eigenvalue weighted by molar-refractivity contribution is -0.121. The van der Waals surface area contributed by atoms with E-state index in [1.165, 1.54) is 0 Å². The maximum absolute atomic E-state index is 11.2. The zero-order chi connectivity index (χ0) is 10.4.